The van der Waals surface area contributed by atoms with Crippen molar-refractivity contribution < 1.29 is 9.90 Å². The molecule has 1 amide bonds. The summed E-state index contributed by atoms with van der Waals surface area (Å²) in [7, 11) is 1.65. The average Bonchev–Trinajstić information content (AvgIpc) is 2.36. The Hall–Kier alpha value is -1.39. The molecule has 0 bridgehead atoms. The molecule has 0 spiro atoms. The fourth-order valence-corrected chi connectivity index (χ4v) is 1.63. The number of likely N-dealkylation sites (N-methyl/N-ethyl adjacent to an activating group) is 1. The maximum absolute atomic E-state index is 11.7. The van der Waals surface area contributed by atoms with E-state index in [9.17, 15) is 4.79 Å². The van der Waals surface area contributed by atoms with Crippen LogP contribution in [0, 0.1) is 0 Å². The number of aryl methyl sites for hydroxylation is 1. The van der Waals surface area contributed by atoms with Gasteiger partial charge in [0.15, 0.2) is 0 Å². The van der Waals surface area contributed by atoms with E-state index in [-0.39, 0.29) is 12.5 Å². The highest BCUT2D eigenvalue weighted by atomic mass is 16.3. The summed E-state index contributed by atoms with van der Waals surface area (Å²) in [5, 5.41) is 8.74. The van der Waals surface area contributed by atoms with Crippen LogP contribution < -0.4 is 5.73 Å². The second kappa shape index (κ2) is 7.04. The van der Waals surface area contributed by atoms with Crippen molar-refractivity contribution in [1.29, 1.82) is 0 Å². The lowest BCUT2D eigenvalue weighted by Gasteiger charge is -2.20. The van der Waals surface area contributed by atoms with Crippen molar-refractivity contribution in [3.05, 3.63) is 35.9 Å². The van der Waals surface area contributed by atoms with Gasteiger partial charge in [0.2, 0.25) is 5.91 Å². The van der Waals surface area contributed by atoms with Gasteiger partial charge in [-0.05, 0) is 18.4 Å². The third-order valence-electron chi connectivity index (χ3n) is 2.72. The molecule has 1 unspecified atom stereocenters. The number of nitrogens with zero attached hydrogens (tertiary/aromatic N) is 1. The molecular weight excluding hydrogens is 216 g/mol. The average molecular weight is 236 g/mol. The van der Waals surface area contributed by atoms with Crippen LogP contribution in [0.3, 0.4) is 0 Å². The highest BCUT2D eigenvalue weighted by Crippen LogP contribution is 2.05. The Morgan fingerprint density at radius 1 is 1.41 bits per heavy atom. The van der Waals surface area contributed by atoms with Crippen LogP contribution >= 0.6 is 0 Å². The lowest BCUT2D eigenvalue weighted by atomic mass is 10.1. The van der Waals surface area contributed by atoms with Crippen molar-refractivity contribution in [2.75, 3.05) is 20.2 Å². The summed E-state index contributed by atoms with van der Waals surface area (Å²) in [5.74, 6) is -0.116. The number of carbonyl (C=O) groups excluding carboxylic acids is 1. The predicted octanol–water partition coefficient (Wildman–Crippen LogP) is 0.397. The standard InChI is InChI=1S/C13H20N2O2/c1-15(9-10-16)13(17)12(14)8-7-11-5-3-2-4-6-11/h2-6,12,16H,7-10,14H2,1H3. The Labute approximate surface area is 102 Å². The molecule has 4 nitrogen and oxygen atoms in total. The molecule has 1 aromatic carbocycles. The molecule has 0 radical (unpaired) electrons. The number of rotatable bonds is 6. The summed E-state index contributed by atoms with van der Waals surface area (Å²) in [6, 6.07) is 9.46. The van der Waals surface area contributed by atoms with Crippen molar-refractivity contribution in [2.45, 2.75) is 18.9 Å². The largest absolute Gasteiger partial charge is 0.395 e. The highest BCUT2D eigenvalue weighted by Gasteiger charge is 2.17. The van der Waals surface area contributed by atoms with Crippen LogP contribution in [0.15, 0.2) is 30.3 Å². The first-order valence-electron chi connectivity index (χ1n) is 5.80. The molecule has 0 aliphatic rings. The van der Waals surface area contributed by atoms with E-state index in [1.807, 2.05) is 30.3 Å². The van der Waals surface area contributed by atoms with Crippen LogP contribution in [0.5, 0.6) is 0 Å². The Morgan fingerprint density at radius 3 is 2.65 bits per heavy atom. The molecule has 0 saturated carbocycles. The minimum absolute atomic E-state index is 0.0341. The fraction of sp³-hybridized carbons (Fsp3) is 0.462. The van der Waals surface area contributed by atoms with Crippen LogP contribution in [0.1, 0.15) is 12.0 Å². The molecule has 0 aliphatic carbocycles. The second-order valence-corrected chi connectivity index (χ2v) is 4.11. The van der Waals surface area contributed by atoms with Gasteiger partial charge >= 0.3 is 0 Å². The van der Waals surface area contributed by atoms with Gasteiger partial charge in [-0.1, -0.05) is 30.3 Å². The Kier molecular flexibility index (Phi) is 5.66. The Balaban J connectivity index is 2.39. The lowest BCUT2D eigenvalue weighted by molar-refractivity contribution is -0.131. The Bertz CT molecular complexity index is 341. The number of benzene rings is 1. The van der Waals surface area contributed by atoms with Gasteiger partial charge in [-0.15, -0.1) is 0 Å². The third kappa shape index (κ3) is 4.54. The van der Waals surface area contributed by atoms with E-state index in [0.717, 1.165) is 6.42 Å². The molecule has 3 N–H and O–H groups in total. The number of carbonyl (C=O) groups is 1. The molecule has 17 heavy (non-hydrogen) atoms. The van der Waals surface area contributed by atoms with Gasteiger partial charge in [0.1, 0.15) is 0 Å². The van der Waals surface area contributed by atoms with Crippen molar-refractivity contribution >= 4 is 5.91 Å². The van der Waals surface area contributed by atoms with Gasteiger partial charge in [-0.3, -0.25) is 4.79 Å². The summed E-state index contributed by atoms with van der Waals surface area (Å²) in [4.78, 5) is 13.2. The molecule has 4 heteroatoms. The first-order chi connectivity index (χ1) is 8.15. The monoisotopic (exact) mass is 236 g/mol. The van der Waals surface area contributed by atoms with Crippen LogP contribution in [0.2, 0.25) is 0 Å². The fourth-order valence-electron chi connectivity index (χ4n) is 1.63. The number of amides is 1. The zero-order chi connectivity index (χ0) is 12.7. The van der Waals surface area contributed by atoms with Gasteiger partial charge in [-0.25, -0.2) is 0 Å². The van der Waals surface area contributed by atoms with Crippen LogP contribution in [-0.4, -0.2) is 42.2 Å². The van der Waals surface area contributed by atoms with E-state index < -0.39 is 6.04 Å². The highest BCUT2D eigenvalue weighted by molar-refractivity contribution is 5.81. The molecule has 1 rings (SSSR count). The number of nitrogens with two attached hydrogens (primary N) is 1. The van der Waals surface area contributed by atoms with E-state index in [1.54, 1.807) is 7.05 Å². The number of hydrogen-bond acceptors (Lipinski definition) is 3. The molecule has 0 aliphatic heterocycles. The van der Waals surface area contributed by atoms with Crippen molar-refractivity contribution in [3.8, 4) is 0 Å². The van der Waals surface area contributed by atoms with E-state index in [4.69, 9.17) is 10.8 Å². The van der Waals surface area contributed by atoms with Crippen molar-refractivity contribution in [3.63, 3.8) is 0 Å². The number of aliphatic hydroxyl groups is 1. The topological polar surface area (TPSA) is 66.6 Å². The smallest absolute Gasteiger partial charge is 0.239 e. The zero-order valence-electron chi connectivity index (χ0n) is 10.2. The van der Waals surface area contributed by atoms with Gasteiger partial charge in [0.25, 0.3) is 0 Å². The van der Waals surface area contributed by atoms with E-state index in [1.165, 1.54) is 10.5 Å². The second-order valence-electron chi connectivity index (χ2n) is 4.11. The van der Waals surface area contributed by atoms with Gasteiger partial charge in [-0.2, -0.15) is 0 Å². The van der Waals surface area contributed by atoms with Crippen molar-refractivity contribution in [1.82, 2.24) is 4.90 Å². The summed E-state index contributed by atoms with van der Waals surface area (Å²) in [5.41, 5.74) is 7.00. The molecule has 94 valence electrons. The summed E-state index contributed by atoms with van der Waals surface area (Å²) >= 11 is 0. The minimum Gasteiger partial charge on any atom is -0.395 e. The lowest BCUT2D eigenvalue weighted by Crippen LogP contribution is -2.43. The van der Waals surface area contributed by atoms with E-state index >= 15 is 0 Å². The summed E-state index contributed by atoms with van der Waals surface area (Å²) in [6.45, 7) is 0.297. The first kappa shape index (κ1) is 13.7. The molecule has 0 aromatic heterocycles. The number of aliphatic hydroxyl groups excluding tert-OH is 1. The van der Waals surface area contributed by atoms with Crippen LogP contribution in [-0.2, 0) is 11.2 Å². The van der Waals surface area contributed by atoms with Crippen molar-refractivity contribution in [2.24, 2.45) is 5.73 Å². The van der Waals surface area contributed by atoms with Gasteiger partial charge in [0.05, 0.1) is 12.6 Å². The van der Waals surface area contributed by atoms with E-state index in [0.29, 0.717) is 13.0 Å². The maximum Gasteiger partial charge on any atom is 0.239 e. The summed E-state index contributed by atoms with van der Waals surface area (Å²) < 4.78 is 0. The third-order valence-corrected chi connectivity index (χ3v) is 2.72. The van der Waals surface area contributed by atoms with Crippen LogP contribution in [0.25, 0.3) is 0 Å². The molecular formula is C13H20N2O2. The van der Waals surface area contributed by atoms with Crippen LogP contribution in [0.4, 0.5) is 0 Å². The van der Waals surface area contributed by atoms with Gasteiger partial charge < -0.3 is 15.7 Å². The van der Waals surface area contributed by atoms with Gasteiger partial charge in [0, 0.05) is 13.6 Å². The maximum atomic E-state index is 11.7. The zero-order valence-corrected chi connectivity index (χ0v) is 10.2. The first-order valence-corrected chi connectivity index (χ1v) is 5.80. The summed E-state index contributed by atoms with van der Waals surface area (Å²) in [6.07, 6.45) is 1.42. The van der Waals surface area contributed by atoms with E-state index in [2.05, 4.69) is 0 Å². The minimum atomic E-state index is -0.494. The number of hydrogen-bond donors (Lipinski definition) is 2. The Morgan fingerprint density at radius 2 is 2.06 bits per heavy atom. The molecule has 1 aromatic rings. The molecule has 0 heterocycles. The quantitative estimate of drug-likeness (QED) is 0.751. The normalized spacial score (nSPS) is 12.2. The molecule has 0 fully saturated rings. The SMILES string of the molecule is CN(CCO)C(=O)C(N)CCc1ccccc1. The predicted molar refractivity (Wildman–Crippen MR) is 67.5 cm³/mol. The molecule has 1 atom stereocenters. The molecule has 0 saturated heterocycles.